The van der Waals surface area contributed by atoms with Gasteiger partial charge in [0.15, 0.2) is 0 Å². The van der Waals surface area contributed by atoms with Gasteiger partial charge < -0.3 is 8.96 Å². The molecule has 12 heteroatoms. The smallest absolute Gasteiger partial charge is 0.327 e. The Hall–Kier alpha value is -8.31. The molecule has 4 aromatic carbocycles. The van der Waals surface area contributed by atoms with Crippen LogP contribution in [0, 0.1) is 35.8 Å². The first kappa shape index (κ1) is 34.8. The van der Waals surface area contributed by atoms with Crippen molar-refractivity contribution in [2.75, 3.05) is 0 Å². The quantitative estimate of drug-likeness (QED) is 0.175. The van der Waals surface area contributed by atoms with E-state index in [1.807, 2.05) is 130 Å². The van der Waals surface area contributed by atoms with Gasteiger partial charge in [-0.15, -0.1) is 0 Å². The van der Waals surface area contributed by atoms with Gasteiger partial charge in [-0.25, -0.2) is 20.2 Å². The second-order valence-corrected chi connectivity index (χ2v) is 12.7. The molecule has 0 fully saturated rings. The average Bonchev–Trinajstić information content (AvgIpc) is 3.77. The van der Waals surface area contributed by atoms with Crippen LogP contribution >= 0.6 is 0 Å². The molecule has 0 aliphatic heterocycles. The minimum Gasteiger partial charge on any atom is -0.382 e. The van der Waals surface area contributed by atoms with Crippen LogP contribution in [0.1, 0.15) is 0 Å². The third-order valence-electron chi connectivity index (χ3n) is 9.63. The maximum absolute atomic E-state index is 10.9. The van der Waals surface area contributed by atoms with E-state index in [1.165, 1.54) is 0 Å². The van der Waals surface area contributed by atoms with Crippen LogP contribution in [0.3, 0.4) is 0 Å². The van der Waals surface area contributed by atoms with Crippen LogP contribution in [-0.2, 0) is 0 Å². The van der Waals surface area contributed by atoms with Crippen molar-refractivity contribution in [2.24, 2.45) is 0 Å². The van der Waals surface area contributed by atoms with E-state index in [9.17, 15) is 10.5 Å². The third kappa shape index (κ3) is 5.96. The van der Waals surface area contributed by atoms with Gasteiger partial charge in [0, 0.05) is 35.6 Å². The molecule has 0 aliphatic carbocycles. The standard InChI is InChI=1S/C44H26B2N10/c1-49-35(27-47)41-39-40(44(38-30-52-24-26-54-38)55(41)45(31-15-7-3-8-16-31)32-17-9-4-10-18-32)42(36(28-48)50-2)56(43(39)37-29-51-23-25-53-37)46(33-19-11-5-12-20-33)34-21-13-6-14-22-34/h3-26,29-30H. The molecule has 0 N–H and O–H groups in total. The van der Waals surface area contributed by atoms with E-state index >= 15 is 0 Å². The summed E-state index contributed by atoms with van der Waals surface area (Å²) < 4.78 is 3.89. The summed E-state index contributed by atoms with van der Waals surface area (Å²) in [4.78, 5) is 26.3. The van der Waals surface area contributed by atoms with Gasteiger partial charge >= 0.3 is 13.7 Å². The van der Waals surface area contributed by atoms with Crippen LogP contribution in [0.4, 0.5) is 0 Å². The lowest BCUT2D eigenvalue weighted by molar-refractivity contribution is 1.10. The van der Waals surface area contributed by atoms with Crippen LogP contribution in [0.5, 0.6) is 0 Å². The van der Waals surface area contributed by atoms with E-state index in [1.54, 1.807) is 37.2 Å². The molecule has 0 aliphatic rings. The summed E-state index contributed by atoms with van der Waals surface area (Å²) in [7, 11) is 0. The summed E-state index contributed by atoms with van der Waals surface area (Å²) in [6.07, 6.45) is 9.51. The molecule has 258 valence electrons. The molecule has 0 unspecified atom stereocenters. The van der Waals surface area contributed by atoms with Gasteiger partial charge in [0.1, 0.15) is 11.4 Å². The van der Waals surface area contributed by atoms with Crippen molar-refractivity contribution in [1.29, 1.82) is 10.5 Å². The second-order valence-electron chi connectivity index (χ2n) is 12.7. The predicted octanol–water partition coefficient (Wildman–Crippen LogP) is 3.77. The zero-order valence-electron chi connectivity index (χ0n) is 29.6. The highest BCUT2D eigenvalue weighted by Gasteiger charge is 2.37. The summed E-state index contributed by atoms with van der Waals surface area (Å²) in [5.41, 5.74) is 4.79. The zero-order valence-corrected chi connectivity index (χ0v) is 29.6. The Morgan fingerprint density at radius 2 is 0.821 bits per heavy atom. The second kappa shape index (κ2) is 15.3. The fourth-order valence-electron chi connectivity index (χ4n) is 7.51. The van der Waals surface area contributed by atoms with Crippen molar-refractivity contribution in [3.05, 3.63) is 192 Å². The highest BCUT2D eigenvalue weighted by Crippen LogP contribution is 2.33. The molecule has 0 amide bonds. The number of hydrogen-bond donors (Lipinski definition) is 0. The number of nitriles is 2. The molecule has 4 heterocycles. The Morgan fingerprint density at radius 3 is 1.07 bits per heavy atom. The molecule has 8 rings (SSSR count). The summed E-state index contributed by atoms with van der Waals surface area (Å²) in [6, 6.07) is 43.6. The first-order valence-electron chi connectivity index (χ1n) is 17.5. The van der Waals surface area contributed by atoms with Crippen molar-refractivity contribution in [2.45, 2.75) is 0 Å². The maximum Gasteiger partial charge on any atom is 0.327 e. The Morgan fingerprint density at radius 1 is 0.500 bits per heavy atom. The van der Waals surface area contributed by atoms with Crippen LogP contribution in [0.2, 0.25) is 0 Å². The molecule has 8 aromatic rings. The lowest BCUT2D eigenvalue weighted by atomic mass is 9.50. The summed E-state index contributed by atoms with van der Waals surface area (Å²) in [6.45, 7) is 15.7. The fraction of sp³-hybridized carbons (Fsp3) is 0. The van der Waals surface area contributed by atoms with Gasteiger partial charge in [0.2, 0.25) is 0 Å². The first-order valence-corrected chi connectivity index (χ1v) is 17.5. The van der Waals surface area contributed by atoms with E-state index in [-0.39, 0.29) is 22.1 Å². The normalized spacial score (nSPS) is 11.7. The fourth-order valence-corrected chi connectivity index (χ4v) is 7.51. The number of benzene rings is 4. The lowest BCUT2D eigenvalue weighted by Crippen LogP contribution is -2.54. The minimum absolute atomic E-state index is 0.201. The monoisotopic (exact) mass is 716 g/mol. The van der Waals surface area contributed by atoms with Crippen LogP contribution in [0.15, 0.2) is 159 Å². The molecule has 0 saturated heterocycles. The van der Waals surface area contributed by atoms with Gasteiger partial charge in [-0.2, -0.15) is 0 Å². The van der Waals surface area contributed by atoms with Gasteiger partial charge in [-0.3, -0.25) is 19.9 Å². The maximum atomic E-state index is 10.9. The third-order valence-corrected chi connectivity index (χ3v) is 9.63. The molecule has 0 radical (unpaired) electrons. The van der Waals surface area contributed by atoms with Gasteiger partial charge in [-0.1, -0.05) is 143 Å². The van der Waals surface area contributed by atoms with E-state index < -0.39 is 13.7 Å². The molecule has 56 heavy (non-hydrogen) atoms. The highest BCUT2D eigenvalue weighted by atomic mass is 15.0. The van der Waals surface area contributed by atoms with Crippen LogP contribution in [0.25, 0.3) is 54.6 Å². The SMILES string of the molecule is [C-]#[N+]C(C#N)=c1c2c(-c3cnccn3)n(B(c3ccccc3)c3ccccc3)c(=C(C#N)[N+]#[C-])c2c(-c2cnccn2)n1B(c1ccccc1)c1ccccc1. The van der Waals surface area contributed by atoms with Crippen molar-refractivity contribution >= 4 is 57.7 Å². The summed E-state index contributed by atoms with van der Waals surface area (Å²) in [5, 5.41) is 23.2. The van der Waals surface area contributed by atoms with Gasteiger partial charge in [0.25, 0.3) is 11.4 Å². The van der Waals surface area contributed by atoms with Crippen LogP contribution in [-0.4, -0.2) is 42.6 Å². The van der Waals surface area contributed by atoms with E-state index in [2.05, 4.69) is 31.8 Å². The topological polar surface area (TPSA) is 118 Å². The Bertz CT molecular complexity index is 2680. The van der Waals surface area contributed by atoms with Crippen molar-refractivity contribution in [1.82, 2.24) is 28.9 Å². The van der Waals surface area contributed by atoms with E-state index in [0.717, 1.165) is 21.9 Å². The van der Waals surface area contributed by atoms with Gasteiger partial charge in [0.05, 0.1) is 59.8 Å². The molecular formula is C44H26B2N10. The largest absolute Gasteiger partial charge is 0.382 e. The van der Waals surface area contributed by atoms with Crippen molar-refractivity contribution < 1.29 is 0 Å². The van der Waals surface area contributed by atoms with Crippen LogP contribution < -0.4 is 32.5 Å². The number of fused-ring (bicyclic) bond motifs is 1. The van der Waals surface area contributed by atoms with Gasteiger partial charge in [-0.05, 0) is 0 Å². The number of hydrogen-bond acceptors (Lipinski definition) is 6. The zero-order chi connectivity index (χ0) is 38.4. The predicted molar refractivity (Wildman–Crippen MR) is 219 cm³/mol. The number of aromatic nitrogens is 6. The molecule has 10 nitrogen and oxygen atoms in total. The highest BCUT2D eigenvalue weighted by molar-refractivity contribution is 6.85. The average molecular weight is 716 g/mol. The molecule has 4 aromatic heterocycles. The Labute approximate surface area is 323 Å². The molecule has 0 spiro atoms. The van der Waals surface area contributed by atoms with E-state index in [0.29, 0.717) is 33.5 Å². The molecule has 0 saturated carbocycles. The Kier molecular flexibility index (Phi) is 9.53. The molecular weight excluding hydrogens is 690 g/mol. The van der Waals surface area contributed by atoms with Crippen molar-refractivity contribution in [3.8, 4) is 34.9 Å². The Balaban J connectivity index is 1.76. The summed E-state index contributed by atoms with van der Waals surface area (Å²) in [5.74, 6) is 0. The first-order chi connectivity index (χ1) is 27.7. The van der Waals surface area contributed by atoms with Crippen molar-refractivity contribution in [3.63, 3.8) is 0 Å². The molecule has 0 bridgehead atoms. The number of nitrogens with zero attached hydrogens (tertiary/aromatic N) is 10. The summed E-state index contributed by atoms with van der Waals surface area (Å²) >= 11 is 0. The lowest BCUT2D eigenvalue weighted by Gasteiger charge is -2.23. The van der Waals surface area contributed by atoms with E-state index in [4.69, 9.17) is 23.1 Å². The molecule has 0 atom stereocenters. The minimum atomic E-state index is -0.615. The number of rotatable bonds is 8.